The lowest BCUT2D eigenvalue weighted by atomic mass is 9.86. The summed E-state index contributed by atoms with van der Waals surface area (Å²) < 4.78 is 1.10. The van der Waals surface area contributed by atoms with Crippen molar-refractivity contribution in [2.45, 2.75) is 12.5 Å². The maximum Gasteiger partial charge on any atom is 0.0833 e. The van der Waals surface area contributed by atoms with Gasteiger partial charge in [-0.25, -0.2) is 0 Å². The minimum atomic E-state index is -0.205. The van der Waals surface area contributed by atoms with Crippen LogP contribution in [0.5, 0.6) is 0 Å². The van der Waals surface area contributed by atoms with Crippen molar-refractivity contribution < 1.29 is 5.11 Å². The zero-order chi connectivity index (χ0) is 7.14. The zero-order valence-electron chi connectivity index (χ0n) is 5.34. The van der Waals surface area contributed by atoms with Crippen LogP contribution in [-0.2, 0) is 6.42 Å². The third kappa shape index (κ3) is 0.796. The summed E-state index contributed by atoms with van der Waals surface area (Å²) in [4.78, 5) is 0. The average Bonchev–Trinajstić information content (AvgIpc) is 1.86. The first-order chi connectivity index (χ1) is 4.77. The molecule has 0 bridgehead atoms. The molecule has 1 nitrogen and oxygen atoms in total. The van der Waals surface area contributed by atoms with E-state index in [0.717, 1.165) is 16.5 Å². The first-order valence-electron chi connectivity index (χ1n) is 3.24. The normalized spacial score (nSPS) is 21.6. The second-order valence-electron chi connectivity index (χ2n) is 2.56. The molecule has 1 aromatic rings. The van der Waals surface area contributed by atoms with Gasteiger partial charge in [-0.2, -0.15) is 0 Å². The molecule has 1 aliphatic carbocycles. The maximum absolute atomic E-state index is 9.18. The molecule has 0 radical (unpaired) electrons. The molecule has 2 rings (SSSR count). The van der Waals surface area contributed by atoms with E-state index < -0.39 is 0 Å². The van der Waals surface area contributed by atoms with Crippen molar-refractivity contribution in [3.05, 3.63) is 33.8 Å². The minimum Gasteiger partial charge on any atom is -0.388 e. The van der Waals surface area contributed by atoms with Gasteiger partial charge in [-0.1, -0.05) is 22.0 Å². The lowest BCUT2D eigenvalue weighted by molar-refractivity contribution is 0.154. The van der Waals surface area contributed by atoms with E-state index in [0.29, 0.717) is 0 Å². The highest BCUT2D eigenvalue weighted by atomic mass is 79.9. The van der Waals surface area contributed by atoms with Gasteiger partial charge in [0.15, 0.2) is 0 Å². The molecule has 0 spiro atoms. The van der Waals surface area contributed by atoms with Gasteiger partial charge in [0.1, 0.15) is 0 Å². The molecule has 1 aromatic carbocycles. The monoisotopic (exact) mass is 198 g/mol. The summed E-state index contributed by atoms with van der Waals surface area (Å²) in [6.45, 7) is 0. The largest absolute Gasteiger partial charge is 0.388 e. The van der Waals surface area contributed by atoms with Gasteiger partial charge < -0.3 is 5.11 Å². The average molecular weight is 199 g/mol. The van der Waals surface area contributed by atoms with Gasteiger partial charge in [0.05, 0.1) is 6.10 Å². The molecule has 0 aromatic heterocycles. The third-order valence-corrected chi connectivity index (χ3v) is 2.37. The van der Waals surface area contributed by atoms with Crippen LogP contribution in [0.3, 0.4) is 0 Å². The Hall–Kier alpha value is -0.340. The second kappa shape index (κ2) is 2.07. The van der Waals surface area contributed by atoms with Gasteiger partial charge in [-0.05, 0) is 23.3 Å². The van der Waals surface area contributed by atoms with E-state index >= 15 is 0 Å². The summed E-state index contributed by atoms with van der Waals surface area (Å²) in [6, 6.07) is 5.98. The third-order valence-electron chi connectivity index (χ3n) is 1.88. The molecule has 0 fully saturated rings. The van der Waals surface area contributed by atoms with Crippen molar-refractivity contribution in [3.8, 4) is 0 Å². The van der Waals surface area contributed by atoms with Crippen molar-refractivity contribution in [1.29, 1.82) is 0 Å². The number of halogens is 1. The van der Waals surface area contributed by atoms with E-state index in [2.05, 4.69) is 22.0 Å². The van der Waals surface area contributed by atoms with Crippen LogP contribution in [0.2, 0.25) is 0 Å². The van der Waals surface area contributed by atoms with Gasteiger partial charge in [0.2, 0.25) is 0 Å². The van der Waals surface area contributed by atoms with E-state index in [1.807, 2.05) is 12.1 Å². The van der Waals surface area contributed by atoms with Gasteiger partial charge in [0, 0.05) is 10.9 Å². The van der Waals surface area contributed by atoms with Gasteiger partial charge in [0.25, 0.3) is 0 Å². The van der Waals surface area contributed by atoms with Crippen molar-refractivity contribution in [2.75, 3.05) is 0 Å². The van der Waals surface area contributed by atoms with Crippen molar-refractivity contribution in [3.63, 3.8) is 0 Å². The molecule has 0 aliphatic heterocycles. The van der Waals surface area contributed by atoms with Crippen molar-refractivity contribution >= 4 is 15.9 Å². The summed E-state index contributed by atoms with van der Waals surface area (Å²) in [5, 5.41) is 9.18. The van der Waals surface area contributed by atoms with Gasteiger partial charge >= 0.3 is 0 Å². The molecule has 0 saturated heterocycles. The van der Waals surface area contributed by atoms with Crippen LogP contribution < -0.4 is 0 Å². The SMILES string of the molecule is OC1Cc2cc(Br)ccc21. The lowest BCUT2D eigenvalue weighted by Gasteiger charge is -2.25. The molecular formula is C8H7BrO. The molecule has 1 atom stereocenters. The molecule has 52 valence electrons. The number of aliphatic hydroxyl groups is 1. The molecular weight excluding hydrogens is 192 g/mol. The Morgan fingerprint density at radius 1 is 1.50 bits per heavy atom. The fraction of sp³-hybridized carbons (Fsp3) is 0.250. The lowest BCUT2D eigenvalue weighted by Crippen LogP contribution is -2.15. The van der Waals surface area contributed by atoms with Crippen molar-refractivity contribution in [1.82, 2.24) is 0 Å². The number of rotatable bonds is 0. The maximum atomic E-state index is 9.18. The van der Waals surface area contributed by atoms with E-state index in [-0.39, 0.29) is 6.10 Å². The summed E-state index contributed by atoms with van der Waals surface area (Å²) >= 11 is 3.37. The van der Waals surface area contributed by atoms with Crippen LogP contribution in [-0.4, -0.2) is 5.11 Å². The van der Waals surface area contributed by atoms with E-state index in [4.69, 9.17) is 0 Å². The van der Waals surface area contributed by atoms with Gasteiger partial charge in [-0.3, -0.25) is 0 Å². The Morgan fingerprint density at radius 2 is 2.30 bits per heavy atom. The first kappa shape index (κ1) is 6.38. The highest BCUT2D eigenvalue weighted by Crippen LogP contribution is 2.34. The fourth-order valence-electron chi connectivity index (χ4n) is 1.26. The Labute approximate surface area is 67.8 Å². The smallest absolute Gasteiger partial charge is 0.0833 e. The predicted molar refractivity (Wildman–Crippen MR) is 42.8 cm³/mol. The summed E-state index contributed by atoms with van der Waals surface area (Å²) in [6.07, 6.45) is 0.609. The Morgan fingerprint density at radius 3 is 2.90 bits per heavy atom. The minimum absolute atomic E-state index is 0.205. The number of aliphatic hydroxyl groups excluding tert-OH is 1. The summed E-state index contributed by atoms with van der Waals surface area (Å²) in [5.41, 5.74) is 2.35. The Kier molecular flexibility index (Phi) is 1.32. The van der Waals surface area contributed by atoms with Crippen LogP contribution in [0.4, 0.5) is 0 Å². The zero-order valence-corrected chi connectivity index (χ0v) is 6.93. The molecule has 0 heterocycles. The van der Waals surface area contributed by atoms with Crippen LogP contribution in [0.25, 0.3) is 0 Å². The molecule has 1 unspecified atom stereocenters. The standard InChI is InChI=1S/C8H7BrO/c9-6-1-2-7-5(3-6)4-8(7)10/h1-3,8,10H,4H2. The number of hydrogen-bond acceptors (Lipinski definition) is 1. The van der Waals surface area contributed by atoms with Crippen LogP contribution in [0.15, 0.2) is 22.7 Å². The second-order valence-corrected chi connectivity index (χ2v) is 3.48. The Bertz CT molecular complexity index is 270. The number of benzene rings is 1. The molecule has 0 saturated carbocycles. The van der Waals surface area contributed by atoms with E-state index in [9.17, 15) is 5.11 Å². The molecule has 10 heavy (non-hydrogen) atoms. The highest BCUT2D eigenvalue weighted by molar-refractivity contribution is 9.10. The number of hydrogen-bond donors (Lipinski definition) is 1. The number of fused-ring (bicyclic) bond motifs is 1. The van der Waals surface area contributed by atoms with E-state index in [1.165, 1.54) is 5.56 Å². The van der Waals surface area contributed by atoms with Crippen LogP contribution in [0.1, 0.15) is 17.2 Å². The topological polar surface area (TPSA) is 20.2 Å². The molecule has 1 aliphatic rings. The summed E-state index contributed by atoms with van der Waals surface area (Å²) in [5.74, 6) is 0. The van der Waals surface area contributed by atoms with Crippen LogP contribution >= 0.6 is 15.9 Å². The Balaban J connectivity index is 2.49. The molecule has 0 amide bonds. The quantitative estimate of drug-likeness (QED) is 0.677. The van der Waals surface area contributed by atoms with Crippen LogP contribution in [0, 0.1) is 0 Å². The van der Waals surface area contributed by atoms with E-state index in [1.54, 1.807) is 0 Å². The van der Waals surface area contributed by atoms with Crippen molar-refractivity contribution in [2.24, 2.45) is 0 Å². The molecule has 1 N–H and O–H groups in total. The van der Waals surface area contributed by atoms with Gasteiger partial charge in [-0.15, -0.1) is 0 Å². The highest BCUT2D eigenvalue weighted by Gasteiger charge is 2.22. The first-order valence-corrected chi connectivity index (χ1v) is 4.03. The fourth-order valence-corrected chi connectivity index (χ4v) is 1.67. The predicted octanol–water partition coefficient (Wildman–Crippen LogP) is 2.04. The molecule has 2 heteroatoms. The summed E-state index contributed by atoms with van der Waals surface area (Å²) in [7, 11) is 0.